The monoisotopic (exact) mass is 334 g/mol. The van der Waals surface area contributed by atoms with Crippen molar-refractivity contribution in [2.24, 2.45) is 12.5 Å². The van der Waals surface area contributed by atoms with E-state index in [-0.39, 0.29) is 17.4 Å². The van der Waals surface area contributed by atoms with E-state index in [9.17, 15) is 4.79 Å². The lowest BCUT2D eigenvalue weighted by Crippen LogP contribution is -2.64. The zero-order valence-corrected chi connectivity index (χ0v) is 14.7. The van der Waals surface area contributed by atoms with Crippen LogP contribution in [0, 0.1) is 5.41 Å². The van der Waals surface area contributed by atoms with E-state index in [0.717, 1.165) is 34.7 Å². The summed E-state index contributed by atoms with van der Waals surface area (Å²) in [5, 5.41) is 6.18. The smallest absolute Gasteiger partial charge is 0.242 e. The summed E-state index contributed by atoms with van der Waals surface area (Å²) in [4.78, 5) is 17.1. The third-order valence-electron chi connectivity index (χ3n) is 5.00. The van der Waals surface area contributed by atoms with Crippen LogP contribution in [0.25, 0.3) is 22.4 Å². The second-order valence-electron chi connectivity index (χ2n) is 7.35. The Balaban J connectivity index is 1.55. The molecule has 2 heterocycles. The van der Waals surface area contributed by atoms with Crippen molar-refractivity contribution < 1.29 is 4.79 Å². The predicted octanol–water partition coefficient (Wildman–Crippen LogP) is 3.18. The Labute approximate surface area is 147 Å². The molecule has 128 valence electrons. The van der Waals surface area contributed by atoms with Gasteiger partial charge in [-0.2, -0.15) is 0 Å². The molecule has 1 aliphatic heterocycles. The minimum atomic E-state index is -0.132. The summed E-state index contributed by atoms with van der Waals surface area (Å²) in [5.74, 6) is 0.938. The molecule has 0 spiro atoms. The summed E-state index contributed by atoms with van der Waals surface area (Å²) < 4.78 is 2.09. The second kappa shape index (κ2) is 5.70. The Hall–Kier alpha value is -2.66. The lowest BCUT2D eigenvalue weighted by atomic mass is 9.77. The molecule has 5 heteroatoms. The number of nitrogens with one attached hydrogen (secondary N) is 2. The molecule has 1 aliphatic rings. The number of nitrogens with zero attached hydrogens (tertiary/aromatic N) is 2. The third kappa shape index (κ3) is 2.70. The van der Waals surface area contributed by atoms with Crippen LogP contribution in [0.2, 0.25) is 0 Å². The van der Waals surface area contributed by atoms with E-state index in [4.69, 9.17) is 4.98 Å². The van der Waals surface area contributed by atoms with Crippen molar-refractivity contribution in [2.45, 2.75) is 19.9 Å². The van der Waals surface area contributed by atoms with Crippen LogP contribution in [0.4, 0.5) is 5.69 Å². The molecule has 4 rings (SSSR count). The summed E-state index contributed by atoms with van der Waals surface area (Å²) in [7, 11) is 2.02. The van der Waals surface area contributed by atoms with Gasteiger partial charge in [-0.05, 0) is 36.4 Å². The quantitative estimate of drug-likeness (QED) is 0.773. The number of benzene rings is 2. The highest BCUT2D eigenvalue weighted by atomic mass is 16.2. The van der Waals surface area contributed by atoms with E-state index in [2.05, 4.69) is 35.1 Å². The maximum Gasteiger partial charge on any atom is 0.242 e. The zero-order valence-electron chi connectivity index (χ0n) is 14.7. The molecule has 0 saturated carbocycles. The van der Waals surface area contributed by atoms with Crippen LogP contribution in [0.3, 0.4) is 0 Å². The molecule has 0 radical (unpaired) electrons. The number of rotatable bonds is 3. The molecule has 0 aliphatic carbocycles. The first-order chi connectivity index (χ1) is 12.0. The molecular formula is C20H22N4O. The molecular weight excluding hydrogens is 312 g/mol. The van der Waals surface area contributed by atoms with Gasteiger partial charge in [-0.15, -0.1) is 0 Å². The largest absolute Gasteiger partial charge is 0.327 e. The van der Waals surface area contributed by atoms with Gasteiger partial charge >= 0.3 is 0 Å². The Kier molecular flexibility index (Phi) is 3.62. The standard InChI is InChI=1S/C20H22N4O/c1-20(2)12-21-17(20)19(25)22-14-10-8-13(9-11-14)18-23-15-6-4-5-7-16(15)24(18)3/h4-11,17,21H,12H2,1-3H3,(H,22,25). The third-order valence-corrected chi connectivity index (χ3v) is 5.00. The van der Waals surface area contributed by atoms with E-state index < -0.39 is 0 Å². The molecule has 1 unspecified atom stereocenters. The topological polar surface area (TPSA) is 59.0 Å². The lowest BCUT2D eigenvalue weighted by Gasteiger charge is -2.44. The fraction of sp³-hybridized carbons (Fsp3) is 0.300. The highest BCUT2D eigenvalue weighted by Gasteiger charge is 2.42. The molecule has 25 heavy (non-hydrogen) atoms. The SMILES string of the molecule is Cn1c(-c2ccc(NC(=O)C3NCC3(C)C)cc2)nc2ccccc21. The van der Waals surface area contributed by atoms with Gasteiger partial charge in [0.25, 0.3) is 0 Å². The van der Waals surface area contributed by atoms with Crippen LogP contribution in [0.1, 0.15) is 13.8 Å². The fourth-order valence-corrected chi connectivity index (χ4v) is 3.38. The normalized spacial score (nSPS) is 18.8. The summed E-state index contributed by atoms with van der Waals surface area (Å²) in [6, 6.07) is 15.8. The number of carbonyl (C=O) groups excluding carboxylic acids is 1. The number of aryl methyl sites for hydroxylation is 1. The Morgan fingerprint density at radius 3 is 2.52 bits per heavy atom. The van der Waals surface area contributed by atoms with E-state index in [0.29, 0.717) is 0 Å². The number of fused-ring (bicyclic) bond motifs is 1. The maximum atomic E-state index is 12.3. The highest BCUT2D eigenvalue weighted by Crippen LogP contribution is 2.29. The van der Waals surface area contributed by atoms with Gasteiger partial charge in [-0.25, -0.2) is 4.98 Å². The molecule has 1 atom stereocenters. The minimum absolute atomic E-state index is 0.0110. The van der Waals surface area contributed by atoms with E-state index in [1.54, 1.807) is 0 Å². The number of para-hydroxylation sites is 2. The molecule has 5 nitrogen and oxygen atoms in total. The number of amides is 1. The van der Waals surface area contributed by atoms with Gasteiger partial charge in [-0.1, -0.05) is 26.0 Å². The number of hydrogen-bond donors (Lipinski definition) is 2. The molecule has 2 N–H and O–H groups in total. The highest BCUT2D eigenvalue weighted by molar-refractivity contribution is 5.96. The number of anilines is 1. The van der Waals surface area contributed by atoms with Crippen molar-refractivity contribution >= 4 is 22.6 Å². The van der Waals surface area contributed by atoms with Crippen molar-refractivity contribution in [3.63, 3.8) is 0 Å². The number of aromatic nitrogens is 2. The van der Waals surface area contributed by atoms with Crippen LogP contribution in [-0.2, 0) is 11.8 Å². The van der Waals surface area contributed by atoms with Crippen LogP contribution < -0.4 is 10.6 Å². The van der Waals surface area contributed by atoms with Crippen LogP contribution >= 0.6 is 0 Å². The van der Waals surface area contributed by atoms with Gasteiger partial charge in [0.1, 0.15) is 5.82 Å². The summed E-state index contributed by atoms with van der Waals surface area (Å²) >= 11 is 0. The van der Waals surface area contributed by atoms with Gasteiger partial charge in [0, 0.05) is 30.3 Å². The van der Waals surface area contributed by atoms with E-state index in [1.807, 2.05) is 49.5 Å². The zero-order chi connectivity index (χ0) is 17.6. The summed E-state index contributed by atoms with van der Waals surface area (Å²) in [5.41, 5.74) is 3.93. The average molecular weight is 334 g/mol. The van der Waals surface area contributed by atoms with E-state index in [1.165, 1.54) is 0 Å². The van der Waals surface area contributed by atoms with Crippen LogP contribution in [0.15, 0.2) is 48.5 Å². The van der Waals surface area contributed by atoms with Gasteiger partial charge in [0.15, 0.2) is 0 Å². The van der Waals surface area contributed by atoms with E-state index >= 15 is 0 Å². The van der Waals surface area contributed by atoms with Crippen LogP contribution in [0.5, 0.6) is 0 Å². The fourth-order valence-electron chi connectivity index (χ4n) is 3.38. The Morgan fingerprint density at radius 2 is 1.92 bits per heavy atom. The molecule has 1 saturated heterocycles. The summed E-state index contributed by atoms with van der Waals surface area (Å²) in [6.45, 7) is 5.07. The van der Waals surface area contributed by atoms with Gasteiger partial charge in [0.2, 0.25) is 5.91 Å². The number of imidazole rings is 1. The summed E-state index contributed by atoms with van der Waals surface area (Å²) in [6.07, 6.45) is 0. The minimum Gasteiger partial charge on any atom is -0.327 e. The molecule has 1 amide bonds. The average Bonchev–Trinajstić information content (AvgIpc) is 2.92. The van der Waals surface area contributed by atoms with Crippen molar-refractivity contribution in [1.29, 1.82) is 0 Å². The molecule has 1 aromatic heterocycles. The van der Waals surface area contributed by atoms with Gasteiger partial charge in [0.05, 0.1) is 17.1 Å². The predicted molar refractivity (Wildman–Crippen MR) is 100 cm³/mol. The number of carbonyl (C=O) groups is 1. The second-order valence-corrected chi connectivity index (χ2v) is 7.35. The van der Waals surface area contributed by atoms with Crippen molar-refractivity contribution in [3.8, 4) is 11.4 Å². The van der Waals surface area contributed by atoms with Gasteiger partial charge < -0.3 is 15.2 Å². The first-order valence-corrected chi connectivity index (χ1v) is 8.52. The first-order valence-electron chi connectivity index (χ1n) is 8.52. The number of hydrogen-bond acceptors (Lipinski definition) is 3. The Morgan fingerprint density at radius 1 is 1.20 bits per heavy atom. The van der Waals surface area contributed by atoms with Crippen molar-refractivity contribution in [1.82, 2.24) is 14.9 Å². The first kappa shape index (κ1) is 15.8. The molecule has 0 bridgehead atoms. The molecule has 3 aromatic rings. The Bertz CT molecular complexity index is 940. The van der Waals surface area contributed by atoms with Crippen molar-refractivity contribution in [2.75, 3.05) is 11.9 Å². The maximum absolute atomic E-state index is 12.3. The van der Waals surface area contributed by atoms with Crippen LogP contribution in [-0.4, -0.2) is 28.0 Å². The van der Waals surface area contributed by atoms with Gasteiger partial charge in [-0.3, -0.25) is 4.79 Å². The molecule has 2 aromatic carbocycles. The molecule has 1 fully saturated rings. The van der Waals surface area contributed by atoms with Crippen molar-refractivity contribution in [3.05, 3.63) is 48.5 Å². The lowest BCUT2D eigenvalue weighted by molar-refractivity contribution is -0.124.